The Labute approximate surface area is 149 Å². The third kappa shape index (κ3) is 2.71. The summed E-state index contributed by atoms with van der Waals surface area (Å²) in [6, 6.07) is 3.28. The van der Waals surface area contributed by atoms with Gasteiger partial charge in [-0.1, -0.05) is 0 Å². The van der Waals surface area contributed by atoms with Crippen LogP contribution in [0.2, 0.25) is 0 Å². The van der Waals surface area contributed by atoms with Crippen LogP contribution in [0.25, 0.3) is 0 Å². The quantitative estimate of drug-likeness (QED) is 0.879. The van der Waals surface area contributed by atoms with Crippen molar-refractivity contribution in [2.45, 2.75) is 32.4 Å². The fourth-order valence-corrected chi connectivity index (χ4v) is 3.77. The summed E-state index contributed by atoms with van der Waals surface area (Å²) >= 11 is 0. The Morgan fingerprint density at radius 2 is 2.12 bits per heavy atom. The van der Waals surface area contributed by atoms with Crippen LogP contribution in [-0.4, -0.2) is 45.4 Å². The van der Waals surface area contributed by atoms with Gasteiger partial charge in [-0.05, 0) is 26.0 Å². The highest BCUT2D eigenvalue weighted by Crippen LogP contribution is 2.38. The molecule has 4 rings (SSSR count). The second-order valence-corrected chi connectivity index (χ2v) is 7.15. The molecule has 0 saturated carbocycles. The van der Waals surface area contributed by atoms with Gasteiger partial charge in [-0.15, -0.1) is 0 Å². The fourth-order valence-electron chi connectivity index (χ4n) is 3.77. The summed E-state index contributed by atoms with van der Waals surface area (Å²) in [7, 11) is 0. The number of hydrogen-bond donors (Lipinski definition) is 1. The van der Waals surface area contributed by atoms with Crippen molar-refractivity contribution in [1.82, 2.24) is 19.8 Å². The molecule has 136 valence electrons. The molecule has 4 heterocycles. The van der Waals surface area contributed by atoms with E-state index in [2.05, 4.69) is 10.3 Å². The lowest BCUT2D eigenvalue weighted by Crippen LogP contribution is -2.36. The molecule has 1 N–H and O–H groups in total. The molecule has 2 atom stereocenters. The number of aromatic nitrogens is 2. The van der Waals surface area contributed by atoms with Crippen LogP contribution in [0.5, 0.6) is 0 Å². The van der Waals surface area contributed by atoms with Gasteiger partial charge in [-0.25, -0.2) is 0 Å². The van der Waals surface area contributed by atoms with Crippen LogP contribution in [0.1, 0.15) is 46.5 Å². The van der Waals surface area contributed by atoms with E-state index >= 15 is 0 Å². The maximum Gasteiger partial charge on any atom is 0.289 e. The van der Waals surface area contributed by atoms with Crippen molar-refractivity contribution >= 4 is 11.8 Å². The topological polar surface area (TPSA) is 97.4 Å². The second kappa shape index (κ2) is 6.12. The molecule has 0 bridgehead atoms. The Morgan fingerprint density at radius 1 is 1.31 bits per heavy atom. The van der Waals surface area contributed by atoms with E-state index < -0.39 is 11.5 Å². The Bertz CT molecular complexity index is 916. The fraction of sp³-hybridized carbons (Fsp3) is 0.444. The van der Waals surface area contributed by atoms with Crippen molar-refractivity contribution in [3.63, 3.8) is 0 Å². The largest absolute Gasteiger partial charge is 0.459 e. The first-order valence-corrected chi connectivity index (χ1v) is 8.69. The lowest BCUT2D eigenvalue weighted by Gasteiger charge is -2.17. The summed E-state index contributed by atoms with van der Waals surface area (Å²) in [6.07, 6.45) is 3.07. The maximum absolute atomic E-state index is 12.5. The number of nitrogens with one attached hydrogen (secondary N) is 1. The lowest BCUT2D eigenvalue weighted by atomic mass is 9.99. The zero-order valence-electron chi connectivity index (χ0n) is 14.6. The molecule has 0 unspecified atom stereocenters. The van der Waals surface area contributed by atoms with Crippen LogP contribution in [0, 0.1) is 5.92 Å². The van der Waals surface area contributed by atoms with Crippen molar-refractivity contribution in [2.75, 3.05) is 13.1 Å². The zero-order chi connectivity index (χ0) is 18.4. The molecule has 0 aromatic carbocycles. The van der Waals surface area contributed by atoms with Gasteiger partial charge in [0.1, 0.15) is 11.4 Å². The minimum Gasteiger partial charge on any atom is -0.459 e. The highest BCUT2D eigenvalue weighted by atomic mass is 16.3. The molecule has 8 heteroatoms. The summed E-state index contributed by atoms with van der Waals surface area (Å²) in [5.74, 6) is 0.602. The van der Waals surface area contributed by atoms with E-state index in [1.807, 2.05) is 18.4 Å². The van der Waals surface area contributed by atoms with Crippen LogP contribution < -0.4 is 10.9 Å². The predicted octanol–water partition coefficient (Wildman–Crippen LogP) is 0.844. The number of nitrogens with zero attached hydrogens (tertiary/aromatic N) is 3. The monoisotopic (exact) mass is 356 g/mol. The number of rotatable bonds is 3. The number of furan rings is 1. The minimum absolute atomic E-state index is 0.00354. The first-order valence-electron chi connectivity index (χ1n) is 8.69. The molecule has 8 nitrogen and oxygen atoms in total. The molecule has 0 aliphatic carbocycles. The molecular weight excluding hydrogens is 336 g/mol. The number of amides is 2. The zero-order valence-corrected chi connectivity index (χ0v) is 14.6. The third-order valence-electron chi connectivity index (χ3n) is 4.91. The van der Waals surface area contributed by atoms with E-state index in [9.17, 15) is 14.4 Å². The molecule has 1 fully saturated rings. The molecule has 26 heavy (non-hydrogen) atoms. The number of carbonyl (C=O) groups is 2. The summed E-state index contributed by atoms with van der Waals surface area (Å²) in [6.45, 7) is 5.39. The third-order valence-corrected chi connectivity index (χ3v) is 4.91. The number of hydrogen-bond acceptors (Lipinski definition) is 5. The summed E-state index contributed by atoms with van der Waals surface area (Å²) in [5, 5.41) is 2.72. The van der Waals surface area contributed by atoms with Crippen LogP contribution in [0.4, 0.5) is 0 Å². The van der Waals surface area contributed by atoms with Crippen molar-refractivity contribution in [2.24, 2.45) is 5.92 Å². The first kappa shape index (κ1) is 16.6. The Morgan fingerprint density at radius 3 is 2.81 bits per heavy atom. The normalized spacial score (nSPS) is 21.0. The number of fused-ring (bicyclic) bond motifs is 3. The molecule has 1 saturated heterocycles. The lowest BCUT2D eigenvalue weighted by molar-refractivity contribution is 0.0751. The molecule has 2 aromatic heterocycles. The average molecular weight is 356 g/mol. The molecule has 2 aliphatic heterocycles. The van der Waals surface area contributed by atoms with E-state index in [4.69, 9.17) is 4.42 Å². The van der Waals surface area contributed by atoms with E-state index in [1.165, 1.54) is 6.26 Å². The van der Waals surface area contributed by atoms with E-state index in [1.54, 1.807) is 23.2 Å². The molecule has 2 aliphatic rings. The summed E-state index contributed by atoms with van der Waals surface area (Å²) < 4.78 is 7.06. The number of likely N-dealkylation sites (tertiary alicyclic amines) is 1. The van der Waals surface area contributed by atoms with Crippen molar-refractivity contribution in [3.05, 3.63) is 52.1 Å². The van der Waals surface area contributed by atoms with Crippen molar-refractivity contribution in [1.29, 1.82) is 0 Å². The smallest absolute Gasteiger partial charge is 0.289 e. The van der Waals surface area contributed by atoms with Crippen LogP contribution in [0.15, 0.2) is 33.8 Å². The molecular formula is C18H20N4O4. The van der Waals surface area contributed by atoms with Gasteiger partial charge in [-0.3, -0.25) is 14.4 Å². The Balaban J connectivity index is 1.57. The Hall–Kier alpha value is -2.90. The average Bonchev–Trinajstić information content (AvgIpc) is 3.29. The van der Waals surface area contributed by atoms with Gasteiger partial charge in [0.15, 0.2) is 5.76 Å². The van der Waals surface area contributed by atoms with Crippen molar-refractivity contribution < 1.29 is 14.0 Å². The summed E-state index contributed by atoms with van der Waals surface area (Å²) in [4.78, 5) is 42.8. The van der Waals surface area contributed by atoms with Gasteiger partial charge in [0.2, 0.25) is 0 Å². The molecule has 2 aromatic rings. The Kier molecular flexibility index (Phi) is 3.90. The van der Waals surface area contributed by atoms with Gasteiger partial charge >= 0.3 is 0 Å². The van der Waals surface area contributed by atoms with E-state index in [-0.39, 0.29) is 29.3 Å². The van der Waals surface area contributed by atoms with Gasteiger partial charge in [0.05, 0.1) is 6.26 Å². The predicted molar refractivity (Wildman–Crippen MR) is 91.9 cm³/mol. The minimum atomic E-state index is -0.522. The molecule has 0 radical (unpaired) electrons. The molecule has 2 amide bonds. The standard InChI is InChI=1S/C18H20N4O4/c1-10(2)19-16(23)13-9-21-6-11-7-22(18(25)14-4-3-5-26-14)8-12(11)15(21)20-17(13)24/h3-5,9-12H,6-8H2,1-2H3,(H,19,23)/t11-,12+/m0/s1. The maximum atomic E-state index is 12.5. The number of carbonyl (C=O) groups excluding carboxylic acids is 2. The van der Waals surface area contributed by atoms with Crippen LogP contribution in [-0.2, 0) is 6.54 Å². The molecule has 0 spiro atoms. The van der Waals surface area contributed by atoms with E-state index in [0.717, 1.165) is 0 Å². The van der Waals surface area contributed by atoms with Gasteiger partial charge < -0.3 is 19.2 Å². The summed E-state index contributed by atoms with van der Waals surface area (Å²) in [5.41, 5.74) is -0.461. The highest BCUT2D eigenvalue weighted by molar-refractivity contribution is 5.93. The van der Waals surface area contributed by atoms with E-state index in [0.29, 0.717) is 31.2 Å². The SMILES string of the molecule is CC(C)NC(=O)c1cn2c(nc1=O)[C@@H]1CN(C(=O)c3ccco3)C[C@@H]1C2. The van der Waals surface area contributed by atoms with Crippen molar-refractivity contribution in [3.8, 4) is 0 Å². The van der Waals surface area contributed by atoms with Gasteiger partial charge in [-0.2, -0.15) is 4.98 Å². The highest BCUT2D eigenvalue weighted by Gasteiger charge is 2.43. The van der Waals surface area contributed by atoms with Crippen LogP contribution in [0.3, 0.4) is 0 Å². The van der Waals surface area contributed by atoms with Gasteiger partial charge in [0.25, 0.3) is 17.4 Å². The van der Waals surface area contributed by atoms with Crippen LogP contribution >= 0.6 is 0 Å². The first-order chi connectivity index (χ1) is 12.4. The second-order valence-electron chi connectivity index (χ2n) is 7.15. The van der Waals surface area contributed by atoms with Gasteiger partial charge in [0, 0.05) is 43.7 Å².